The zero-order valence-electron chi connectivity index (χ0n) is 10.7. The van der Waals surface area contributed by atoms with Gasteiger partial charge in [-0.05, 0) is 17.7 Å². The van der Waals surface area contributed by atoms with E-state index in [9.17, 15) is 9.18 Å². The Morgan fingerprint density at radius 2 is 2.14 bits per heavy atom. The van der Waals surface area contributed by atoms with Crippen LogP contribution in [-0.4, -0.2) is 9.78 Å². The first-order valence-corrected chi connectivity index (χ1v) is 6.65. The number of terminal acetylenes is 1. The van der Waals surface area contributed by atoms with E-state index in [1.165, 1.54) is 18.3 Å². The highest BCUT2D eigenvalue weighted by Crippen LogP contribution is 2.19. The van der Waals surface area contributed by atoms with Crippen LogP contribution in [0.25, 0.3) is 0 Å². The molecule has 21 heavy (non-hydrogen) atoms. The van der Waals surface area contributed by atoms with Gasteiger partial charge >= 0.3 is 0 Å². The van der Waals surface area contributed by atoms with Gasteiger partial charge in [-0.1, -0.05) is 35.2 Å². The molecule has 0 atom stereocenters. The molecule has 0 aliphatic carbocycles. The number of halogens is 3. The normalized spacial score (nSPS) is 10.2. The molecule has 4 nitrogen and oxygen atoms in total. The maximum atomic E-state index is 13.1. The summed E-state index contributed by atoms with van der Waals surface area (Å²) < 4.78 is 14.2. The minimum Gasteiger partial charge on any atom is -0.375 e. The van der Waals surface area contributed by atoms with Crippen molar-refractivity contribution in [2.24, 2.45) is 0 Å². The lowest BCUT2D eigenvalue weighted by atomic mass is 10.2. The molecule has 0 fully saturated rings. The second-order valence-corrected chi connectivity index (χ2v) is 4.95. The van der Waals surface area contributed by atoms with E-state index in [2.05, 4.69) is 16.3 Å². The number of aromatic nitrogens is 2. The van der Waals surface area contributed by atoms with Crippen molar-refractivity contribution in [2.75, 3.05) is 5.32 Å². The second kappa shape index (κ2) is 6.61. The van der Waals surface area contributed by atoms with Crippen molar-refractivity contribution in [3.63, 3.8) is 0 Å². The highest BCUT2D eigenvalue weighted by molar-refractivity contribution is 6.33. The first-order valence-electron chi connectivity index (χ1n) is 5.90. The number of hydrogen-bond acceptors (Lipinski definition) is 3. The molecule has 0 bridgehead atoms. The van der Waals surface area contributed by atoms with Crippen LogP contribution in [-0.2, 0) is 13.1 Å². The molecule has 0 aliphatic heterocycles. The molecular weight excluding hydrogens is 316 g/mol. The molecule has 1 aromatic heterocycles. The average Bonchev–Trinajstić information content (AvgIpc) is 2.46. The van der Waals surface area contributed by atoms with Crippen LogP contribution in [0.1, 0.15) is 5.56 Å². The van der Waals surface area contributed by atoms with Crippen molar-refractivity contribution in [3.8, 4) is 12.3 Å². The number of hydrogen-bond donors (Lipinski definition) is 1. The third-order valence-electron chi connectivity index (χ3n) is 2.69. The monoisotopic (exact) mass is 325 g/mol. The van der Waals surface area contributed by atoms with E-state index in [4.69, 9.17) is 29.6 Å². The molecule has 0 radical (unpaired) electrons. The molecule has 108 valence electrons. The summed E-state index contributed by atoms with van der Waals surface area (Å²) in [5, 5.41) is 6.91. The molecule has 0 saturated heterocycles. The molecule has 0 aliphatic rings. The van der Waals surface area contributed by atoms with Gasteiger partial charge in [0.2, 0.25) is 0 Å². The third kappa shape index (κ3) is 3.54. The predicted molar refractivity (Wildman–Crippen MR) is 81.1 cm³/mol. The smallest absolute Gasteiger partial charge is 0.292 e. The zero-order chi connectivity index (χ0) is 15.4. The number of nitrogens with one attached hydrogen (secondary N) is 1. The Morgan fingerprint density at radius 3 is 2.81 bits per heavy atom. The lowest BCUT2D eigenvalue weighted by Gasteiger charge is -2.09. The third-order valence-corrected chi connectivity index (χ3v) is 3.27. The van der Waals surface area contributed by atoms with Crippen molar-refractivity contribution in [1.82, 2.24) is 9.78 Å². The fourth-order valence-electron chi connectivity index (χ4n) is 1.67. The average molecular weight is 326 g/mol. The lowest BCUT2D eigenvalue weighted by molar-refractivity contribution is 0.627. The predicted octanol–water partition coefficient (Wildman–Crippen LogP) is 2.93. The van der Waals surface area contributed by atoms with Crippen molar-refractivity contribution in [2.45, 2.75) is 13.1 Å². The van der Waals surface area contributed by atoms with E-state index in [-0.39, 0.29) is 28.8 Å². The standard InChI is InChI=1S/C14H10Cl2FN3O/c1-2-5-20-14(21)13(11(16)8-19-20)18-7-9-3-4-12(17)10(15)6-9/h1,3-4,6,8,18H,5,7H2. The maximum absolute atomic E-state index is 13.1. The largest absolute Gasteiger partial charge is 0.375 e. The molecule has 0 saturated carbocycles. The van der Waals surface area contributed by atoms with Crippen molar-refractivity contribution in [1.29, 1.82) is 0 Å². The van der Waals surface area contributed by atoms with Crippen molar-refractivity contribution in [3.05, 3.63) is 56.2 Å². The van der Waals surface area contributed by atoms with Gasteiger partial charge in [-0.25, -0.2) is 9.07 Å². The Kier molecular flexibility index (Phi) is 4.84. The number of rotatable bonds is 4. The van der Waals surface area contributed by atoms with Gasteiger partial charge in [0.25, 0.3) is 5.56 Å². The molecule has 0 amide bonds. The van der Waals surface area contributed by atoms with E-state index in [0.717, 1.165) is 4.68 Å². The fourth-order valence-corrected chi connectivity index (χ4v) is 2.06. The summed E-state index contributed by atoms with van der Waals surface area (Å²) in [6.07, 6.45) is 6.49. The zero-order valence-corrected chi connectivity index (χ0v) is 12.2. The summed E-state index contributed by atoms with van der Waals surface area (Å²) in [6, 6.07) is 4.28. The second-order valence-electron chi connectivity index (χ2n) is 4.14. The number of nitrogens with zero attached hydrogens (tertiary/aromatic N) is 2. The molecule has 1 aromatic carbocycles. The van der Waals surface area contributed by atoms with Gasteiger partial charge < -0.3 is 5.32 Å². The van der Waals surface area contributed by atoms with Gasteiger partial charge in [-0.3, -0.25) is 4.79 Å². The van der Waals surface area contributed by atoms with Crippen LogP contribution in [0.2, 0.25) is 10.0 Å². The van der Waals surface area contributed by atoms with Gasteiger partial charge in [-0.15, -0.1) is 6.42 Å². The number of benzene rings is 1. The highest BCUT2D eigenvalue weighted by atomic mass is 35.5. The van der Waals surface area contributed by atoms with Crippen LogP contribution < -0.4 is 10.9 Å². The van der Waals surface area contributed by atoms with E-state index >= 15 is 0 Å². The Morgan fingerprint density at radius 1 is 1.38 bits per heavy atom. The SMILES string of the molecule is C#CCn1ncc(Cl)c(NCc2ccc(F)c(Cl)c2)c1=O. The van der Waals surface area contributed by atoms with Gasteiger partial charge in [0, 0.05) is 6.54 Å². The highest BCUT2D eigenvalue weighted by Gasteiger charge is 2.09. The Bertz CT molecular complexity index is 768. The maximum Gasteiger partial charge on any atom is 0.292 e. The molecule has 0 unspecified atom stereocenters. The van der Waals surface area contributed by atoms with Crippen LogP contribution in [0.15, 0.2) is 29.2 Å². The van der Waals surface area contributed by atoms with Gasteiger partial charge in [0.1, 0.15) is 18.0 Å². The minimum atomic E-state index is -0.501. The van der Waals surface area contributed by atoms with Gasteiger partial charge in [0.15, 0.2) is 0 Å². The summed E-state index contributed by atoms with van der Waals surface area (Å²) in [6.45, 7) is 0.308. The molecule has 7 heteroatoms. The molecule has 2 aromatic rings. The first-order chi connectivity index (χ1) is 10.0. The fraction of sp³-hybridized carbons (Fsp3) is 0.143. The summed E-state index contributed by atoms with van der Waals surface area (Å²) in [7, 11) is 0. The summed E-state index contributed by atoms with van der Waals surface area (Å²) >= 11 is 11.6. The lowest BCUT2D eigenvalue weighted by Crippen LogP contribution is -2.25. The van der Waals surface area contributed by atoms with Crippen LogP contribution >= 0.6 is 23.2 Å². The Balaban J connectivity index is 2.23. The van der Waals surface area contributed by atoms with E-state index in [1.54, 1.807) is 6.07 Å². The van der Waals surface area contributed by atoms with Crippen LogP contribution in [0.5, 0.6) is 0 Å². The number of anilines is 1. The van der Waals surface area contributed by atoms with Gasteiger partial charge in [-0.2, -0.15) is 5.10 Å². The molecule has 1 heterocycles. The van der Waals surface area contributed by atoms with Crippen molar-refractivity contribution < 1.29 is 4.39 Å². The topological polar surface area (TPSA) is 46.9 Å². The Hall–Kier alpha value is -2.03. The van der Waals surface area contributed by atoms with Crippen molar-refractivity contribution >= 4 is 28.9 Å². The summed E-state index contributed by atoms with van der Waals surface area (Å²) in [4.78, 5) is 12.1. The summed E-state index contributed by atoms with van der Waals surface area (Å²) in [5.74, 6) is 1.83. The Labute approximate surface area is 130 Å². The molecule has 0 spiro atoms. The molecular formula is C14H10Cl2FN3O. The first kappa shape index (κ1) is 15.4. The van der Waals surface area contributed by atoms with Crippen LogP contribution in [0.4, 0.5) is 10.1 Å². The van der Waals surface area contributed by atoms with Crippen LogP contribution in [0.3, 0.4) is 0 Å². The minimum absolute atomic E-state index is 0.0138. The van der Waals surface area contributed by atoms with Gasteiger partial charge in [0.05, 0.1) is 16.2 Å². The van der Waals surface area contributed by atoms with E-state index in [1.807, 2.05) is 0 Å². The van der Waals surface area contributed by atoms with E-state index in [0.29, 0.717) is 5.56 Å². The summed E-state index contributed by atoms with van der Waals surface area (Å²) in [5.41, 5.74) is 0.466. The quantitative estimate of drug-likeness (QED) is 0.879. The molecule has 2 rings (SSSR count). The molecule has 1 N–H and O–H groups in total. The van der Waals surface area contributed by atoms with Crippen LogP contribution in [0, 0.1) is 18.2 Å². The van der Waals surface area contributed by atoms with E-state index < -0.39 is 11.4 Å².